The van der Waals surface area contributed by atoms with E-state index < -0.39 is 0 Å². The van der Waals surface area contributed by atoms with Gasteiger partial charge in [0, 0.05) is 33.3 Å². The molecule has 1 aliphatic rings. The van der Waals surface area contributed by atoms with Crippen LogP contribution < -0.4 is 4.90 Å². The molecule has 51 heavy (non-hydrogen) atoms. The summed E-state index contributed by atoms with van der Waals surface area (Å²) in [6.07, 6.45) is 0. The van der Waals surface area contributed by atoms with Crippen molar-refractivity contribution in [3.8, 4) is 56.4 Å². The highest BCUT2D eigenvalue weighted by atomic mass is 15.2. The lowest BCUT2D eigenvalue weighted by Crippen LogP contribution is -2.15. The molecular weight excluding hydrogens is 621 g/mol. The maximum Gasteiger partial charge on any atom is 0.164 e. The van der Waals surface area contributed by atoms with Crippen molar-refractivity contribution >= 4 is 38.6 Å². The number of hydrogen-bond donors (Lipinski definition) is 0. The Hall–Kier alpha value is -6.91. The minimum Gasteiger partial charge on any atom is -0.309 e. The van der Waals surface area contributed by atoms with Crippen LogP contribution in [0.4, 0.5) is 17.1 Å². The quantitative estimate of drug-likeness (QED) is 0.186. The van der Waals surface area contributed by atoms with Crippen molar-refractivity contribution in [2.75, 3.05) is 4.90 Å². The van der Waals surface area contributed by atoms with Crippen molar-refractivity contribution < 1.29 is 0 Å². The first kappa shape index (κ1) is 29.0. The van der Waals surface area contributed by atoms with E-state index in [1.165, 1.54) is 32.8 Å². The van der Waals surface area contributed by atoms with Gasteiger partial charge in [0.1, 0.15) is 0 Å². The van der Waals surface area contributed by atoms with Gasteiger partial charge in [-0.2, -0.15) is 0 Å². The predicted octanol–water partition coefficient (Wildman–Crippen LogP) is 12.3. The van der Waals surface area contributed by atoms with Crippen LogP contribution in [0.3, 0.4) is 0 Å². The largest absolute Gasteiger partial charge is 0.309 e. The zero-order valence-corrected chi connectivity index (χ0v) is 27.6. The molecule has 0 aliphatic carbocycles. The molecular formula is C47H30N4. The first-order chi connectivity index (χ1) is 25.3. The third-order valence-corrected chi connectivity index (χ3v) is 9.82. The van der Waals surface area contributed by atoms with Gasteiger partial charge in [0.2, 0.25) is 0 Å². The predicted molar refractivity (Wildman–Crippen MR) is 210 cm³/mol. The molecule has 1 aromatic heterocycles. The summed E-state index contributed by atoms with van der Waals surface area (Å²) < 4.78 is 0. The van der Waals surface area contributed by atoms with E-state index in [1.807, 2.05) is 18.2 Å². The van der Waals surface area contributed by atoms with E-state index >= 15 is 0 Å². The van der Waals surface area contributed by atoms with E-state index in [1.54, 1.807) is 0 Å². The standard InChI is InChI=1S/C47H30N4/c1-4-14-32(15-5-1)38-27-28-42-44-40(38)21-12-22-41(44)39-26-25-36(30-43(39)51(42)37-19-8-3-9-20-37)47-49-45(33-16-6-2-7-17-33)48-46(50-47)35-24-23-31-13-10-11-18-34(31)29-35/h1-30H. The summed E-state index contributed by atoms with van der Waals surface area (Å²) in [5, 5.41) is 4.80. The topological polar surface area (TPSA) is 41.9 Å². The second kappa shape index (κ2) is 11.9. The molecule has 0 saturated carbocycles. The average molecular weight is 651 g/mol. The molecule has 0 bridgehead atoms. The van der Waals surface area contributed by atoms with Gasteiger partial charge in [-0.3, -0.25) is 0 Å². The van der Waals surface area contributed by atoms with Crippen molar-refractivity contribution in [1.29, 1.82) is 0 Å². The zero-order valence-electron chi connectivity index (χ0n) is 27.6. The minimum atomic E-state index is 0.631. The molecule has 4 heteroatoms. The molecule has 0 unspecified atom stereocenters. The molecule has 0 spiro atoms. The van der Waals surface area contributed by atoms with Crippen LogP contribution in [0.1, 0.15) is 0 Å². The molecule has 0 N–H and O–H groups in total. The van der Waals surface area contributed by atoms with Gasteiger partial charge >= 0.3 is 0 Å². The monoisotopic (exact) mass is 650 g/mol. The molecule has 0 radical (unpaired) electrons. The highest BCUT2D eigenvalue weighted by Crippen LogP contribution is 2.53. The summed E-state index contributed by atoms with van der Waals surface area (Å²) in [6.45, 7) is 0. The van der Waals surface area contributed by atoms with Crippen molar-refractivity contribution in [1.82, 2.24) is 15.0 Å². The Morgan fingerprint density at radius 3 is 1.67 bits per heavy atom. The number of para-hydroxylation sites is 1. The fourth-order valence-electron chi connectivity index (χ4n) is 7.42. The van der Waals surface area contributed by atoms with Crippen LogP contribution in [0.5, 0.6) is 0 Å². The number of fused-ring (bicyclic) bond motifs is 3. The van der Waals surface area contributed by atoms with Gasteiger partial charge in [-0.05, 0) is 63.2 Å². The van der Waals surface area contributed by atoms with Crippen LogP contribution in [0.25, 0.3) is 78.0 Å². The first-order valence-electron chi connectivity index (χ1n) is 17.2. The number of nitrogens with zero attached hydrogens (tertiary/aromatic N) is 4. The van der Waals surface area contributed by atoms with Gasteiger partial charge in [0.05, 0.1) is 11.4 Å². The smallest absolute Gasteiger partial charge is 0.164 e. The minimum absolute atomic E-state index is 0.631. The van der Waals surface area contributed by atoms with Crippen molar-refractivity contribution in [2.45, 2.75) is 0 Å². The normalized spacial score (nSPS) is 11.9. The molecule has 1 aliphatic heterocycles. The van der Waals surface area contributed by atoms with Crippen LogP contribution in [-0.2, 0) is 0 Å². The Bertz CT molecular complexity index is 2740. The number of rotatable bonds is 5. The molecule has 8 aromatic carbocycles. The first-order valence-corrected chi connectivity index (χ1v) is 17.2. The van der Waals surface area contributed by atoms with Crippen LogP contribution in [0.2, 0.25) is 0 Å². The zero-order chi connectivity index (χ0) is 33.7. The molecule has 0 fully saturated rings. The number of aromatic nitrogens is 3. The lowest BCUT2D eigenvalue weighted by Gasteiger charge is -2.34. The summed E-state index contributed by atoms with van der Waals surface area (Å²) in [5.41, 5.74) is 11.0. The number of anilines is 3. The van der Waals surface area contributed by atoms with E-state index in [0.29, 0.717) is 17.5 Å². The number of benzene rings is 8. The van der Waals surface area contributed by atoms with Crippen molar-refractivity contribution in [2.24, 2.45) is 0 Å². The lowest BCUT2D eigenvalue weighted by molar-refractivity contribution is 1.07. The Labute approximate surface area is 296 Å². The van der Waals surface area contributed by atoms with Gasteiger partial charge in [0.25, 0.3) is 0 Å². The van der Waals surface area contributed by atoms with Gasteiger partial charge in [-0.25, -0.2) is 15.0 Å². The van der Waals surface area contributed by atoms with E-state index in [0.717, 1.165) is 44.7 Å². The Kier molecular flexibility index (Phi) is 6.78. The highest BCUT2D eigenvalue weighted by Gasteiger charge is 2.28. The number of hydrogen-bond acceptors (Lipinski definition) is 4. The molecule has 9 aromatic rings. The fourth-order valence-corrected chi connectivity index (χ4v) is 7.42. The van der Waals surface area contributed by atoms with E-state index in [2.05, 4.69) is 169 Å². The molecule has 238 valence electrons. The summed E-state index contributed by atoms with van der Waals surface area (Å²) >= 11 is 0. The van der Waals surface area contributed by atoms with Crippen molar-refractivity contribution in [3.05, 3.63) is 182 Å². The maximum atomic E-state index is 5.14. The van der Waals surface area contributed by atoms with Gasteiger partial charge < -0.3 is 4.90 Å². The average Bonchev–Trinajstić information content (AvgIpc) is 3.21. The Balaban J connectivity index is 1.19. The van der Waals surface area contributed by atoms with Gasteiger partial charge in [0.15, 0.2) is 17.5 Å². The van der Waals surface area contributed by atoms with Crippen molar-refractivity contribution in [3.63, 3.8) is 0 Å². The summed E-state index contributed by atoms with van der Waals surface area (Å²) in [4.78, 5) is 17.6. The van der Waals surface area contributed by atoms with Crippen LogP contribution >= 0.6 is 0 Å². The fraction of sp³-hybridized carbons (Fsp3) is 0. The maximum absolute atomic E-state index is 5.14. The molecule has 2 heterocycles. The third kappa shape index (κ3) is 4.96. The van der Waals surface area contributed by atoms with Crippen LogP contribution in [-0.4, -0.2) is 15.0 Å². The molecule has 0 atom stereocenters. The van der Waals surface area contributed by atoms with E-state index in [9.17, 15) is 0 Å². The summed E-state index contributed by atoms with van der Waals surface area (Å²) in [7, 11) is 0. The Morgan fingerprint density at radius 1 is 0.333 bits per heavy atom. The van der Waals surface area contributed by atoms with Gasteiger partial charge in [-0.1, -0.05) is 152 Å². The highest BCUT2D eigenvalue weighted by molar-refractivity contribution is 6.17. The second-order valence-corrected chi connectivity index (χ2v) is 12.9. The van der Waals surface area contributed by atoms with Crippen LogP contribution in [0.15, 0.2) is 182 Å². The summed E-state index contributed by atoms with van der Waals surface area (Å²) in [5.74, 6) is 1.92. The van der Waals surface area contributed by atoms with Gasteiger partial charge in [-0.15, -0.1) is 0 Å². The van der Waals surface area contributed by atoms with E-state index in [4.69, 9.17) is 15.0 Å². The second-order valence-electron chi connectivity index (χ2n) is 12.9. The lowest BCUT2D eigenvalue weighted by atomic mass is 9.87. The molecule has 0 amide bonds. The molecule has 4 nitrogen and oxygen atoms in total. The third-order valence-electron chi connectivity index (χ3n) is 9.82. The SMILES string of the molecule is c1ccc(-c2nc(-c3ccc4c(c3)N(c3ccccc3)c3ccc(-c5ccccc5)c5cccc-4c35)nc(-c3ccc4ccccc4c3)n2)cc1. The summed E-state index contributed by atoms with van der Waals surface area (Å²) in [6, 6.07) is 64.0. The molecule has 0 saturated heterocycles. The van der Waals surface area contributed by atoms with E-state index in [-0.39, 0.29) is 0 Å². The molecule has 10 rings (SSSR count). The van der Waals surface area contributed by atoms with Crippen LogP contribution in [0, 0.1) is 0 Å². The Morgan fingerprint density at radius 2 is 0.922 bits per heavy atom.